The third-order valence-corrected chi connectivity index (χ3v) is 7.22. The van der Waals surface area contributed by atoms with Gasteiger partial charge in [-0.2, -0.15) is 0 Å². The number of unbranched alkanes of at least 4 members (excludes halogenated alkanes) is 1. The number of rotatable bonds is 14. The monoisotopic (exact) mass is 546 g/mol. The molecule has 1 heterocycles. The van der Waals surface area contributed by atoms with Gasteiger partial charge in [-0.3, -0.25) is 9.36 Å². The lowest BCUT2D eigenvalue weighted by molar-refractivity contribution is -0.121. The minimum absolute atomic E-state index is 0.0632. The first kappa shape index (κ1) is 28.0. The third-order valence-electron chi connectivity index (χ3n) is 6.21. The van der Waals surface area contributed by atoms with E-state index in [0.29, 0.717) is 24.5 Å². The highest BCUT2D eigenvalue weighted by molar-refractivity contribution is 7.99. The average Bonchev–Trinajstić information content (AvgIpc) is 3.41. The molecular formula is C30H34N4O4S. The summed E-state index contributed by atoms with van der Waals surface area (Å²) in [6.07, 6.45) is 2.92. The van der Waals surface area contributed by atoms with Gasteiger partial charge in [0.15, 0.2) is 22.5 Å². The van der Waals surface area contributed by atoms with Crippen LogP contribution < -0.4 is 19.5 Å². The Labute approximate surface area is 233 Å². The minimum atomic E-state index is 0.0632. The Morgan fingerprint density at radius 2 is 1.64 bits per heavy atom. The Kier molecular flexibility index (Phi) is 10.2. The summed E-state index contributed by atoms with van der Waals surface area (Å²) >= 11 is 1.64. The summed E-state index contributed by atoms with van der Waals surface area (Å²) in [5.74, 6) is 3.87. The molecule has 0 fully saturated rings. The molecule has 0 bridgehead atoms. The van der Waals surface area contributed by atoms with E-state index in [2.05, 4.69) is 20.1 Å². The van der Waals surface area contributed by atoms with Crippen molar-refractivity contribution in [3.63, 3.8) is 0 Å². The molecule has 0 spiro atoms. The van der Waals surface area contributed by atoms with Crippen molar-refractivity contribution in [3.8, 4) is 34.3 Å². The molecule has 0 aliphatic heterocycles. The number of carbonyl (C=O) groups is 1. The largest absolute Gasteiger partial charge is 0.497 e. The number of hydrogen-bond acceptors (Lipinski definition) is 7. The number of nitrogens with zero attached hydrogens (tertiary/aromatic N) is 3. The molecule has 9 heteroatoms. The van der Waals surface area contributed by atoms with Crippen molar-refractivity contribution in [2.45, 2.75) is 30.8 Å². The van der Waals surface area contributed by atoms with Crippen LogP contribution in [0.25, 0.3) is 17.1 Å². The fraction of sp³-hybridized carbons (Fsp3) is 0.300. The van der Waals surface area contributed by atoms with Gasteiger partial charge < -0.3 is 19.5 Å². The quantitative estimate of drug-likeness (QED) is 0.163. The molecule has 1 amide bonds. The molecule has 3 aromatic carbocycles. The topological polar surface area (TPSA) is 87.5 Å². The summed E-state index contributed by atoms with van der Waals surface area (Å²) in [6.45, 7) is 0.580. The van der Waals surface area contributed by atoms with E-state index in [4.69, 9.17) is 14.2 Å². The second kappa shape index (κ2) is 14.2. The van der Waals surface area contributed by atoms with Gasteiger partial charge in [-0.15, -0.1) is 10.2 Å². The Hall–Kier alpha value is -3.98. The average molecular weight is 547 g/mol. The van der Waals surface area contributed by atoms with Crippen LogP contribution in [0.15, 0.2) is 78.0 Å². The highest BCUT2D eigenvalue weighted by atomic mass is 32.2. The fourth-order valence-electron chi connectivity index (χ4n) is 4.12. The van der Waals surface area contributed by atoms with Crippen molar-refractivity contribution in [1.82, 2.24) is 20.1 Å². The lowest BCUT2D eigenvalue weighted by Crippen LogP contribution is -2.25. The van der Waals surface area contributed by atoms with E-state index < -0.39 is 0 Å². The van der Waals surface area contributed by atoms with E-state index in [-0.39, 0.29) is 5.91 Å². The maximum absolute atomic E-state index is 12.3. The van der Waals surface area contributed by atoms with Crippen LogP contribution in [-0.2, 0) is 11.2 Å². The lowest BCUT2D eigenvalue weighted by atomic mass is 10.1. The first-order valence-corrected chi connectivity index (χ1v) is 13.9. The fourth-order valence-corrected chi connectivity index (χ4v) is 5.07. The third kappa shape index (κ3) is 7.54. The highest BCUT2D eigenvalue weighted by Crippen LogP contribution is 2.30. The van der Waals surface area contributed by atoms with E-state index in [1.807, 2.05) is 72.8 Å². The molecule has 0 aliphatic rings. The van der Waals surface area contributed by atoms with Crippen LogP contribution in [0.3, 0.4) is 0 Å². The number of thioether (sulfide) groups is 1. The first-order chi connectivity index (χ1) is 19.1. The van der Waals surface area contributed by atoms with Crippen molar-refractivity contribution in [2.24, 2.45) is 0 Å². The molecule has 8 nitrogen and oxygen atoms in total. The molecule has 0 saturated carbocycles. The minimum Gasteiger partial charge on any atom is -0.497 e. The maximum atomic E-state index is 12.3. The zero-order valence-corrected chi connectivity index (χ0v) is 23.4. The second-order valence-electron chi connectivity index (χ2n) is 8.80. The number of benzene rings is 3. The van der Waals surface area contributed by atoms with E-state index in [9.17, 15) is 4.79 Å². The van der Waals surface area contributed by atoms with Gasteiger partial charge in [0.05, 0.1) is 21.3 Å². The normalized spacial score (nSPS) is 10.7. The summed E-state index contributed by atoms with van der Waals surface area (Å²) in [6, 6.07) is 23.7. The predicted octanol–water partition coefficient (Wildman–Crippen LogP) is 5.58. The van der Waals surface area contributed by atoms with E-state index in [0.717, 1.165) is 58.6 Å². The Morgan fingerprint density at radius 1 is 0.872 bits per heavy atom. The molecule has 0 saturated heterocycles. The molecule has 0 radical (unpaired) electrons. The van der Waals surface area contributed by atoms with Gasteiger partial charge in [-0.05, 0) is 61.2 Å². The van der Waals surface area contributed by atoms with Crippen LogP contribution in [0.4, 0.5) is 0 Å². The Bertz CT molecular complexity index is 1340. The summed E-state index contributed by atoms with van der Waals surface area (Å²) in [4.78, 5) is 12.3. The van der Waals surface area contributed by atoms with Crippen LogP contribution in [-0.4, -0.2) is 54.3 Å². The summed E-state index contributed by atoms with van der Waals surface area (Å²) < 4.78 is 18.0. The van der Waals surface area contributed by atoms with Gasteiger partial charge in [-0.25, -0.2) is 0 Å². The number of nitrogens with one attached hydrogen (secondary N) is 1. The van der Waals surface area contributed by atoms with E-state index in [1.54, 1.807) is 33.1 Å². The van der Waals surface area contributed by atoms with Crippen LogP contribution in [0, 0.1) is 0 Å². The number of amides is 1. The number of aromatic nitrogens is 3. The molecule has 39 heavy (non-hydrogen) atoms. The number of carbonyl (C=O) groups excluding carboxylic acids is 1. The molecule has 0 atom stereocenters. The summed E-state index contributed by atoms with van der Waals surface area (Å²) in [5, 5.41) is 12.8. The molecule has 0 aliphatic carbocycles. The lowest BCUT2D eigenvalue weighted by Gasteiger charge is -2.11. The number of hydrogen-bond donors (Lipinski definition) is 1. The zero-order valence-electron chi connectivity index (χ0n) is 22.6. The summed E-state index contributed by atoms with van der Waals surface area (Å²) in [5.41, 5.74) is 3.05. The smallest absolute Gasteiger partial charge is 0.220 e. The molecular weight excluding hydrogens is 512 g/mol. The van der Waals surface area contributed by atoms with Gasteiger partial charge in [0.25, 0.3) is 0 Å². The standard InChI is InChI=1S/C30H34N4O4S/c1-36-25-15-13-24(14-16-25)34-29(23-9-5-4-6-10-23)32-33-30(34)39-20-8-7-11-28(35)31-19-18-22-12-17-26(37-2)27(21-22)38-3/h4-6,9-10,12-17,21H,7-8,11,18-20H2,1-3H3,(H,31,35). The number of methoxy groups -OCH3 is 3. The summed E-state index contributed by atoms with van der Waals surface area (Å²) in [7, 11) is 4.89. The van der Waals surface area contributed by atoms with Crippen LogP contribution >= 0.6 is 11.8 Å². The van der Waals surface area contributed by atoms with Gasteiger partial charge in [-0.1, -0.05) is 48.2 Å². The maximum Gasteiger partial charge on any atom is 0.220 e. The molecule has 4 aromatic rings. The van der Waals surface area contributed by atoms with Crippen molar-refractivity contribution < 1.29 is 19.0 Å². The predicted molar refractivity (Wildman–Crippen MR) is 154 cm³/mol. The van der Waals surface area contributed by atoms with Crippen LogP contribution in [0.2, 0.25) is 0 Å². The van der Waals surface area contributed by atoms with Gasteiger partial charge in [0, 0.05) is 30.0 Å². The van der Waals surface area contributed by atoms with E-state index in [1.165, 1.54) is 0 Å². The molecule has 4 rings (SSSR count). The second-order valence-corrected chi connectivity index (χ2v) is 9.86. The first-order valence-electron chi connectivity index (χ1n) is 12.9. The molecule has 0 unspecified atom stereocenters. The van der Waals surface area contributed by atoms with Gasteiger partial charge in [0.2, 0.25) is 5.91 Å². The van der Waals surface area contributed by atoms with Gasteiger partial charge in [0.1, 0.15) is 5.75 Å². The molecule has 204 valence electrons. The Balaban J connectivity index is 1.27. The van der Waals surface area contributed by atoms with E-state index >= 15 is 0 Å². The van der Waals surface area contributed by atoms with Gasteiger partial charge >= 0.3 is 0 Å². The van der Waals surface area contributed by atoms with Crippen LogP contribution in [0.5, 0.6) is 17.2 Å². The molecule has 1 aromatic heterocycles. The van der Waals surface area contributed by atoms with Crippen molar-refractivity contribution in [2.75, 3.05) is 33.6 Å². The molecule has 1 N–H and O–H groups in total. The highest BCUT2D eigenvalue weighted by Gasteiger charge is 2.16. The van der Waals surface area contributed by atoms with Crippen molar-refractivity contribution in [1.29, 1.82) is 0 Å². The van der Waals surface area contributed by atoms with Crippen molar-refractivity contribution >= 4 is 17.7 Å². The van der Waals surface area contributed by atoms with Crippen molar-refractivity contribution in [3.05, 3.63) is 78.4 Å². The number of ether oxygens (including phenoxy) is 3. The SMILES string of the molecule is COc1ccc(-n2c(SCCCCC(=O)NCCc3ccc(OC)c(OC)c3)nnc2-c2ccccc2)cc1. The Morgan fingerprint density at radius 3 is 2.36 bits per heavy atom. The zero-order chi connectivity index (χ0) is 27.5. The van der Waals surface area contributed by atoms with Crippen LogP contribution in [0.1, 0.15) is 24.8 Å².